The molecule has 1 rings (SSSR count). The highest BCUT2D eigenvalue weighted by Crippen LogP contribution is 2.06. The second-order valence-electron chi connectivity index (χ2n) is 3.58. The van der Waals surface area contributed by atoms with E-state index in [0.717, 1.165) is 18.5 Å². The van der Waals surface area contributed by atoms with Gasteiger partial charge in [-0.05, 0) is 12.8 Å². The number of hydrogen-bond donors (Lipinski definition) is 2. The van der Waals surface area contributed by atoms with Crippen molar-refractivity contribution in [3.8, 4) is 0 Å². The summed E-state index contributed by atoms with van der Waals surface area (Å²) in [6.45, 7) is 2.02. The molecule has 0 aromatic carbocycles. The first kappa shape index (κ1) is 11.6. The van der Waals surface area contributed by atoms with Gasteiger partial charge >= 0.3 is 5.97 Å². The summed E-state index contributed by atoms with van der Waals surface area (Å²) in [6.07, 6.45) is 2.02. The van der Waals surface area contributed by atoms with E-state index in [1.807, 2.05) is 6.92 Å². The fourth-order valence-corrected chi connectivity index (χ4v) is 1.60. The molecule has 0 bridgehead atoms. The standard InChI is InChI=1S/C10H16N2O3/c1-3-4-8-7(5-6-9(13)14)10(15)12(2)11-8/h11H,3-6H2,1-2H3,(H,13,14). The Balaban J connectivity index is 2.92. The van der Waals surface area contributed by atoms with Crippen molar-refractivity contribution in [3.05, 3.63) is 21.6 Å². The zero-order valence-electron chi connectivity index (χ0n) is 9.04. The van der Waals surface area contributed by atoms with Crippen molar-refractivity contribution in [3.63, 3.8) is 0 Å². The number of aryl methyl sites for hydroxylation is 2. The number of carboxylic acid groups (broad SMARTS) is 1. The summed E-state index contributed by atoms with van der Waals surface area (Å²) in [5, 5.41) is 11.5. The van der Waals surface area contributed by atoms with Gasteiger partial charge in [-0.25, -0.2) is 0 Å². The molecule has 0 radical (unpaired) electrons. The van der Waals surface area contributed by atoms with E-state index < -0.39 is 5.97 Å². The zero-order valence-corrected chi connectivity index (χ0v) is 9.04. The normalized spacial score (nSPS) is 10.5. The number of carboxylic acids is 1. The smallest absolute Gasteiger partial charge is 0.303 e. The average Bonchev–Trinajstić information content (AvgIpc) is 2.41. The van der Waals surface area contributed by atoms with Gasteiger partial charge in [-0.2, -0.15) is 0 Å². The molecular weight excluding hydrogens is 196 g/mol. The van der Waals surface area contributed by atoms with Gasteiger partial charge < -0.3 is 5.11 Å². The maximum atomic E-state index is 11.6. The molecule has 0 aliphatic heterocycles. The van der Waals surface area contributed by atoms with Crippen molar-refractivity contribution in [1.29, 1.82) is 0 Å². The maximum absolute atomic E-state index is 11.6. The largest absolute Gasteiger partial charge is 0.481 e. The third-order valence-corrected chi connectivity index (χ3v) is 2.32. The first-order valence-corrected chi connectivity index (χ1v) is 5.04. The van der Waals surface area contributed by atoms with Crippen molar-refractivity contribution < 1.29 is 9.90 Å². The van der Waals surface area contributed by atoms with Crippen LogP contribution in [0.5, 0.6) is 0 Å². The Bertz CT molecular complexity index is 403. The predicted molar refractivity (Wildman–Crippen MR) is 56.0 cm³/mol. The van der Waals surface area contributed by atoms with Gasteiger partial charge in [0.15, 0.2) is 0 Å². The van der Waals surface area contributed by atoms with E-state index in [9.17, 15) is 9.59 Å². The Morgan fingerprint density at radius 1 is 1.47 bits per heavy atom. The number of H-pyrrole nitrogens is 1. The van der Waals surface area contributed by atoms with Crippen molar-refractivity contribution in [2.75, 3.05) is 0 Å². The average molecular weight is 212 g/mol. The molecular formula is C10H16N2O3. The quantitative estimate of drug-likeness (QED) is 0.753. The van der Waals surface area contributed by atoms with Crippen LogP contribution in [0.4, 0.5) is 0 Å². The number of aliphatic carboxylic acids is 1. The minimum atomic E-state index is -0.874. The zero-order chi connectivity index (χ0) is 11.4. The van der Waals surface area contributed by atoms with E-state index in [1.54, 1.807) is 7.05 Å². The molecule has 0 fully saturated rings. The summed E-state index contributed by atoms with van der Waals surface area (Å²) in [7, 11) is 1.64. The Morgan fingerprint density at radius 3 is 2.67 bits per heavy atom. The summed E-state index contributed by atoms with van der Waals surface area (Å²) in [5.74, 6) is -0.874. The fourth-order valence-electron chi connectivity index (χ4n) is 1.60. The summed E-state index contributed by atoms with van der Waals surface area (Å²) in [6, 6.07) is 0. The van der Waals surface area contributed by atoms with Gasteiger partial charge in [0.1, 0.15) is 0 Å². The highest BCUT2D eigenvalue weighted by atomic mass is 16.4. The van der Waals surface area contributed by atoms with Crippen molar-refractivity contribution in [2.24, 2.45) is 7.05 Å². The molecule has 1 aromatic rings. The van der Waals surface area contributed by atoms with Crippen LogP contribution in [0.15, 0.2) is 4.79 Å². The maximum Gasteiger partial charge on any atom is 0.303 e. The van der Waals surface area contributed by atoms with Crippen LogP contribution in [0.1, 0.15) is 31.0 Å². The van der Waals surface area contributed by atoms with Crippen molar-refractivity contribution >= 4 is 5.97 Å². The fraction of sp³-hybridized carbons (Fsp3) is 0.600. The monoisotopic (exact) mass is 212 g/mol. The molecule has 2 N–H and O–H groups in total. The molecule has 0 unspecified atom stereocenters. The van der Waals surface area contributed by atoms with Gasteiger partial charge in [0.2, 0.25) is 0 Å². The lowest BCUT2D eigenvalue weighted by molar-refractivity contribution is -0.136. The molecule has 0 aliphatic rings. The number of aromatic amines is 1. The molecule has 15 heavy (non-hydrogen) atoms. The Kier molecular flexibility index (Phi) is 3.71. The number of carbonyl (C=O) groups is 1. The molecule has 5 heteroatoms. The third-order valence-electron chi connectivity index (χ3n) is 2.32. The minimum Gasteiger partial charge on any atom is -0.481 e. The second kappa shape index (κ2) is 4.82. The molecule has 84 valence electrons. The van der Waals surface area contributed by atoms with Crippen LogP contribution < -0.4 is 5.56 Å². The lowest BCUT2D eigenvalue weighted by Gasteiger charge is -1.97. The number of aromatic nitrogens is 2. The first-order valence-electron chi connectivity index (χ1n) is 5.04. The van der Waals surface area contributed by atoms with Gasteiger partial charge in [-0.1, -0.05) is 13.3 Å². The van der Waals surface area contributed by atoms with Gasteiger partial charge in [0, 0.05) is 24.7 Å². The van der Waals surface area contributed by atoms with Crippen LogP contribution in [0, 0.1) is 0 Å². The number of nitrogens with one attached hydrogen (secondary N) is 1. The molecule has 0 aliphatic carbocycles. The highest BCUT2D eigenvalue weighted by molar-refractivity contribution is 5.67. The summed E-state index contributed by atoms with van der Waals surface area (Å²) >= 11 is 0. The predicted octanol–water partition coefficient (Wildman–Crippen LogP) is 0.683. The SMILES string of the molecule is CCCc1[nH]n(C)c(=O)c1CCC(=O)O. The molecule has 0 saturated heterocycles. The van der Waals surface area contributed by atoms with Crippen LogP contribution in [-0.4, -0.2) is 20.9 Å². The van der Waals surface area contributed by atoms with Crippen LogP contribution in [-0.2, 0) is 24.7 Å². The highest BCUT2D eigenvalue weighted by Gasteiger charge is 2.12. The van der Waals surface area contributed by atoms with Crippen molar-refractivity contribution in [2.45, 2.75) is 32.6 Å². The first-order chi connectivity index (χ1) is 7.06. The van der Waals surface area contributed by atoms with Gasteiger partial charge in [-0.3, -0.25) is 19.4 Å². The second-order valence-corrected chi connectivity index (χ2v) is 3.58. The number of nitrogens with zero attached hydrogens (tertiary/aromatic N) is 1. The minimum absolute atomic E-state index is 0.00378. The molecule has 0 spiro atoms. The lowest BCUT2D eigenvalue weighted by Crippen LogP contribution is -2.16. The van der Waals surface area contributed by atoms with Gasteiger partial charge in [-0.15, -0.1) is 0 Å². The topological polar surface area (TPSA) is 75.1 Å². The summed E-state index contributed by atoms with van der Waals surface area (Å²) < 4.78 is 1.40. The van der Waals surface area contributed by atoms with Crippen LogP contribution in [0.2, 0.25) is 0 Å². The van der Waals surface area contributed by atoms with E-state index in [0.29, 0.717) is 12.0 Å². The van der Waals surface area contributed by atoms with Gasteiger partial charge in [0.25, 0.3) is 5.56 Å². The molecule has 5 nitrogen and oxygen atoms in total. The third kappa shape index (κ3) is 2.71. The molecule has 0 saturated carbocycles. The Morgan fingerprint density at radius 2 is 2.13 bits per heavy atom. The molecule has 1 aromatic heterocycles. The Hall–Kier alpha value is -1.52. The Labute approximate surface area is 87.7 Å². The van der Waals surface area contributed by atoms with Crippen LogP contribution in [0.25, 0.3) is 0 Å². The number of hydrogen-bond acceptors (Lipinski definition) is 2. The van der Waals surface area contributed by atoms with Gasteiger partial charge in [0.05, 0.1) is 0 Å². The van der Waals surface area contributed by atoms with Crippen LogP contribution in [0.3, 0.4) is 0 Å². The molecule has 1 heterocycles. The van der Waals surface area contributed by atoms with Crippen LogP contribution >= 0.6 is 0 Å². The summed E-state index contributed by atoms with van der Waals surface area (Å²) in [4.78, 5) is 22.1. The molecule has 0 amide bonds. The lowest BCUT2D eigenvalue weighted by atomic mass is 10.1. The van der Waals surface area contributed by atoms with E-state index in [-0.39, 0.29) is 12.0 Å². The van der Waals surface area contributed by atoms with E-state index in [1.165, 1.54) is 4.68 Å². The van der Waals surface area contributed by atoms with E-state index >= 15 is 0 Å². The number of rotatable bonds is 5. The van der Waals surface area contributed by atoms with Crippen molar-refractivity contribution in [1.82, 2.24) is 9.78 Å². The molecule has 0 atom stereocenters. The van der Waals surface area contributed by atoms with E-state index in [4.69, 9.17) is 5.11 Å². The summed E-state index contributed by atoms with van der Waals surface area (Å²) in [5.41, 5.74) is 1.37. The van der Waals surface area contributed by atoms with E-state index in [2.05, 4.69) is 5.10 Å².